The Morgan fingerprint density at radius 2 is 1.64 bits per heavy atom. The first-order chi connectivity index (χ1) is 10.1. The van der Waals surface area contributed by atoms with Gasteiger partial charge in [-0.1, -0.05) is 5.11 Å². The number of hydrogen-bond donors (Lipinski definition) is 1. The van der Waals surface area contributed by atoms with Gasteiger partial charge in [-0.3, -0.25) is 4.18 Å². The van der Waals surface area contributed by atoms with E-state index in [-0.39, 0.29) is 6.54 Å². The molecule has 0 spiro atoms. The maximum absolute atomic E-state index is 13.7. The minimum atomic E-state index is -5.07. The summed E-state index contributed by atoms with van der Waals surface area (Å²) < 4.78 is 82.1. The molecule has 0 bridgehead atoms. The molecule has 0 heterocycles. The molecule has 0 aliphatic heterocycles. The van der Waals surface area contributed by atoms with Crippen LogP contribution in [0.15, 0.2) is 10.0 Å². The highest BCUT2D eigenvalue weighted by Gasteiger charge is 2.33. The van der Waals surface area contributed by atoms with Crippen molar-refractivity contribution < 1.29 is 35.1 Å². The number of likely N-dealkylation sites (N-methyl/N-ethyl adjacent to an activating group) is 1. The second-order valence-electron chi connectivity index (χ2n) is 4.36. The number of benzene rings is 1. The van der Waals surface area contributed by atoms with Crippen molar-refractivity contribution in [2.45, 2.75) is 4.90 Å². The van der Waals surface area contributed by atoms with E-state index >= 15 is 0 Å². The molecule has 0 amide bonds. The van der Waals surface area contributed by atoms with Gasteiger partial charge in [-0.05, 0) is 5.53 Å². The van der Waals surface area contributed by atoms with E-state index in [1.165, 1.54) is 0 Å². The summed E-state index contributed by atoms with van der Waals surface area (Å²) in [7, 11) is -1.76. The molecule has 12 heteroatoms. The summed E-state index contributed by atoms with van der Waals surface area (Å²) in [5, 5.41) is 2.45. The third-order valence-corrected chi connectivity index (χ3v) is 3.77. The second kappa shape index (κ2) is 6.92. The summed E-state index contributed by atoms with van der Waals surface area (Å²) in [6.07, 6.45) is 0. The molecule has 122 valence electrons. The van der Waals surface area contributed by atoms with Crippen LogP contribution in [-0.2, 0) is 14.3 Å². The van der Waals surface area contributed by atoms with Crippen LogP contribution >= 0.6 is 0 Å². The van der Waals surface area contributed by atoms with Crippen molar-refractivity contribution in [2.75, 3.05) is 27.2 Å². The van der Waals surface area contributed by atoms with E-state index < -0.39 is 50.6 Å². The minimum absolute atomic E-state index is 0.157. The van der Waals surface area contributed by atoms with E-state index in [1.54, 1.807) is 14.1 Å². The summed E-state index contributed by atoms with van der Waals surface area (Å²) >= 11 is 0. The Kier molecular flexibility index (Phi) is 5.72. The highest BCUT2D eigenvalue weighted by molar-refractivity contribution is 7.86. The first-order valence-corrected chi connectivity index (χ1v) is 7.13. The van der Waals surface area contributed by atoms with E-state index in [2.05, 4.69) is 9.30 Å². The highest BCUT2D eigenvalue weighted by atomic mass is 32.2. The molecule has 0 aromatic heterocycles. The van der Waals surface area contributed by atoms with E-state index in [9.17, 15) is 26.0 Å². The summed E-state index contributed by atoms with van der Waals surface area (Å²) in [5.41, 5.74) is 6.48. The lowest BCUT2D eigenvalue weighted by molar-refractivity contribution is -0.858. The Labute approximate surface area is 122 Å². The van der Waals surface area contributed by atoms with Crippen LogP contribution in [0.4, 0.5) is 23.2 Å². The van der Waals surface area contributed by atoms with Gasteiger partial charge < -0.3 is 4.90 Å². The van der Waals surface area contributed by atoms with Crippen molar-refractivity contribution >= 4 is 15.8 Å². The molecular formula is C10H11F4N4O3S+. The number of nitrogens with one attached hydrogen (secondary N) is 1. The molecular weight excluding hydrogens is 332 g/mol. The molecule has 1 aromatic rings. The molecule has 0 atom stereocenters. The SMILES string of the molecule is C[NH+](C)CCOS(=O)(=O)c1c(F)c(F)c(N=[N+]=[N-])c(F)c1F. The van der Waals surface area contributed by atoms with Gasteiger partial charge in [0, 0.05) is 4.91 Å². The summed E-state index contributed by atoms with van der Waals surface area (Å²) in [6, 6.07) is 0. The predicted octanol–water partition coefficient (Wildman–Crippen LogP) is 1.03. The molecule has 0 aliphatic rings. The Hall–Kier alpha value is -1.88. The zero-order valence-electron chi connectivity index (χ0n) is 11.4. The molecule has 22 heavy (non-hydrogen) atoms. The fourth-order valence-electron chi connectivity index (χ4n) is 1.37. The van der Waals surface area contributed by atoms with Crippen molar-refractivity contribution in [3.05, 3.63) is 33.7 Å². The molecule has 1 aromatic carbocycles. The monoisotopic (exact) mass is 343 g/mol. The molecule has 0 unspecified atom stereocenters. The van der Waals surface area contributed by atoms with Crippen LogP contribution in [0, 0.1) is 23.3 Å². The molecule has 1 rings (SSSR count). The van der Waals surface area contributed by atoms with Crippen LogP contribution in [0.1, 0.15) is 0 Å². The Morgan fingerprint density at radius 1 is 1.14 bits per heavy atom. The lowest BCUT2D eigenvalue weighted by Gasteiger charge is -2.11. The Balaban J connectivity index is 3.40. The maximum Gasteiger partial charge on any atom is 0.303 e. The van der Waals surface area contributed by atoms with Gasteiger partial charge in [-0.15, -0.1) is 0 Å². The quantitative estimate of drug-likeness (QED) is 0.209. The van der Waals surface area contributed by atoms with Crippen LogP contribution in [-0.4, -0.2) is 35.7 Å². The van der Waals surface area contributed by atoms with Crippen LogP contribution in [0.2, 0.25) is 0 Å². The second-order valence-corrected chi connectivity index (χ2v) is 5.91. The molecule has 7 nitrogen and oxygen atoms in total. The third-order valence-electron chi connectivity index (χ3n) is 2.44. The number of quaternary nitrogens is 1. The van der Waals surface area contributed by atoms with E-state index in [0.717, 1.165) is 4.90 Å². The molecule has 0 aliphatic carbocycles. The predicted molar refractivity (Wildman–Crippen MR) is 65.9 cm³/mol. The number of halogens is 4. The summed E-state index contributed by atoms with van der Waals surface area (Å²) in [6.45, 7) is -0.297. The van der Waals surface area contributed by atoms with E-state index in [0.29, 0.717) is 0 Å². The standard InChI is InChI=1S/C10H10F4N4O3S/c1-18(2)3-4-21-22(19,20)10-7(13)5(11)9(16-17-15)6(12)8(10)14/h3-4H2,1-2H3/p+1. The Bertz CT molecular complexity index is 703. The zero-order chi connectivity index (χ0) is 17.1. The van der Waals surface area contributed by atoms with Crippen molar-refractivity contribution in [2.24, 2.45) is 5.11 Å². The first kappa shape index (κ1) is 18.2. The van der Waals surface area contributed by atoms with Crippen LogP contribution < -0.4 is 4.90 Å². The molecule has 0 fully saturated rings. The van der Waals surface area contributed by atoms with Crippen molar-refractivity contribution in [3.63, 3.8) is 0 Å². The van der Waals surface area contributed by atoms with Gasteiger partial charge >= 0.3 is 10.1 Å². The smallest absolute Gasteiger partial charge is 0.303 e. The van der Waals surface area contributed by atoms with Gasteiger partial charge in [0.15, 0.2) is 28.2 Å². The number of hydrogen-bond acceptors (Lipinski definition) is 4. The van der Waals surface area contributed by atoms with Gasteiger partial charge in [0.2, 0.25) is 0 Å². The average Bonchev–Trinajstić information content (AvgIpc) is 2.40. The fraction of sp³-hybridized carbons (Fsp3) is 0.400. The van der Waals surface area contributed by atoms with Crippen LogP contribution in [0.25, 0.3) is 10.4 Å². The van der Waals surface area contributed by atoms with E-state index in [1.807, 2.05) is 4.91 Å². The Morgan fingerprint density at radius 3 is 2.05 bits per heavy atom. The lowest BCUT2D eigenvalue weighted by atomic mass is 10.2. The van der Waals surface area contributed by atoms with Gasteiger partial charge in [-0.25, -0.2) is 17.6 Å². The number of rotatable bonds is 6. The van der Waals surface area contributed by atoms with Crippen molar-refractivity contribution in [1.82, 2.24) is 0 Å². The molecule has 0 saturated heterocycles. The summed E-state index contributed by atoms with van der Waals surface area (Å²) in [5.74, 6) is -8.70. The number of nitrogens with zero attached hydrogens (tertiary/aromatic N) is 3. The average molecular weight is 343 g/mol. The van der Waals surface area contributed by atoms with Crippen molar-refractivity contribution in [3.8, 4) is 0 Å². The molecule has 0 saturated carbocycles. The first-order valence-electron chi connectivity index (χ1n) is 5.73. The van der Waals surface area contributed by atoms with Gasteiger partial charge in [-0.2, -0.15) is 8.42 Å². The molecule has 1 N–H and O–H groups in total. The minimum Gasteiger partial charge on any atom is -0.338 e. The summed E-state index contributed by atoms with van der Waals surface area (Å²) in [4.78, 5) is 0.860. The molecule has 0 radical (unpaired) electrons. The topological polar surface area (TPSA) is 96.6 Å². The van der Waals surface area contributed by atoms with Crippen LogP contribution in [0.5, 0.6) is 0 Å². The fourth-order valence-corrected chi connectivity index (χ4v) is 2.41. The van der Waals surface area contributed by atoms with Gasteiger partial charge in [0.1, 0.15) is 18.8 Å². The maximum atomic E-state index is 13.7. The lowest BCUT2D eigenvalue weighted by Crippen LogP contribution is -3.06. The van der Waals surface area contributed by atoms with Crippen molar-refractivity contribution in [1.29, 1.82) is 0 Å². The number of azide groups is 1. The van der Waals surface area contributed by atoms with Crippen LogP contribution in [0.3, 0.4) is 0 Å². The highest BCUT2D eigenvalue weighted by Crippen LogP contribution is 2.33. The van der Waals surface area contributed by atoms with Gasteiger partial charge in [0.05, 0.1) is 14.1 Å². The third kappa shape index (κ3) is 3.65. The largest absolute Gasteiger partial charge is 0.338 e. The zero-order valence-corrected chi connectivity index (χ0v) is 12.2. The normalized spacial score (nSPS) is 11.6. The van der Waals surface area contributed by atoms with E-state index in [4.69, 9.17) is 5.53 Å². The van der Waals surface area contributed by atoms with Gasteiger partial charge in [0.25, 0.3) is 0 Å².